The molecule has 0 radical (unpaired) electrons. The van der Waals surface area contributed by atoms with Crippen molar-refractivity contribution in [3.8, 4) is 0 Å². The number of rotatable bonds is 6. The Morgan fingerprint density at radius 1 is 1.33 bits per heavy atom. The van der Waals surface area contributed by atoms with Crippen molar-refractivity contribution in [2.24, 2.45) is 5.92 Å². The van der Waals surface area contributed by atoms with E-state index in [1.54, 1.807) is 0 Å². The fraction of sp³-hybridized carbons (Fsp3) is 1.00. The van der Waals surface area contributed by atoms with Crippen molar-refractivity contribution in [1.29, 1.82) is 0 Å². The Labute approximate surface area is 81.1 Å². The number of halogens is 1. The Balaban J connectivity index is 2.11. The van der Waals surface area contributed by atoms with Crippen molar-refractivity contribution in [2.45, 2.75) is 39.2 Å². The van der Waals surface area contributed by atoms with Crippen molar-refractivity contribution >= 4 is 11.6 Å². The smallest absolute Gasteiger partial charge is 0.0351 e. The molecule has 0 aromatic rings. The Kier molecular flexibility index (Phi) is 4.38. The van der Waals surface area contributed by atoms with E-state index in [0.717, 1.165) is 18.3 Å². The van der Waals surface area contributed by atoms with Crippen molar-refractivity contribution < 1.29 is 0 Å². The Morgan fingerprint density at radius 2 is 2.00 bits per heavy atom. The van der Waals surface area contributed by atoms with E-state index in [4.69, 9.17) is 11.6 Å². The Bertz CT molecular complexity index is 121. The van der Waals surface area contributed by atoms with Gasteiger partial charge in [0.15, 0.2) is 0 Å². The molecule has 72 valence electrons. The van der Waals surface area contributed by atoms with E-state index in [1.807, 2.05) is 0 Å². The second kappa shape index (κ2) is 5.08. The first-order valence-electron chi connectivity index (χ1n) is 5.04. The summed E-state index contributed by atoms with van der Waals surface area (Å²) in [4.78, 5) is 2.48. The number of nitrogens with zero attached hydrogens (tertiary/aromatic N) is 1. The van der Waals surface area contributed by atoms with E-state index < -0.39 is 0 Å². The second-order valence-corrected chi connectivity index (χ2v) is 4.43. The molecule has 0 heterocycles. The molecular weight excluding hydrogens is 170 g/mol. The average molecular weight is 190 g/mol. The zero-order chi connectivity index (χ0) is 8.97. The van der Waals surface area contributed by atoms with Crippen molar-refractivity contribution in [1.82, 2.24) is 4.90 Å². The summed E-state index contributed by atoms with van der Waals surface area (Å²) in [5.74, 6) is 1.81. The van der Waals surface area contributed by atoms with Crippen molar-refractivity contribution in [3.63, 3.8) is 0 Å². The van der Waals surface area contributed by atoms with Gasteiger partial charge in [-0.15, -0.1) is 11.6 Å². The van der Waals surface area contributed by atoms with E-state index in [2.05, 4.69) is 18.7 Å². The number of alkyl halides is 1. The molecule has 0 bridgehead atoms. The molecule has 0 atom stereocenters. The molecule has 0 amide bonds. The van der Waals surface area contributed by atoms with Gasteiger partial charge < -0.3 is 0 Å². The van der Waals surface area contributed by atoms with Crippen LogP contribution in [0.15, 0.2) is 0 Å². The zero-order valence-electron chi connectivity index (χ0n) is 8.22. The minimum atomic E-state index is 0.655. The molecule has 0 saturated heterocycles. The number of hydrogen-bond acceptors (Lipinski definition) is 1. The summed E-state index contributed by atoms with van der Waals surface area (Å²) in [6, 6.07) is 0.655. The molecule has 0 aromatic heterocycles. The highest BCUT2D eigenvalue weighted by Crippen LogP contribution is 2.32. The van der Waals surface area contributed by atoms with Crippen LogP contribution in [0.3, 0.4) is 0 Å². The van der Waals surface area contributed by atoms with Crippen LogP contribution in [0.25, 0.3) is 0 Å². The maximum absolute atomic E-state index is 5.73. The molecule has 0 spiro atoms. The van der Waals surface area contributed by atoms with Crippen LogP contribution >= 0.6 is 11.6 Å². The predicted octanol–water partition coefficient (Wildman–Crippen LogP) is 2.74. The van der Waals surface area contributed by atoms with Crippen LogP contribution in [0.2, 0.25) is 0 Å². The third-order valence-corrected chi connectivity index (χ3v) is 2.79. The van der Waals surface area contributed by atoms with E-state index in [1.165, 1.54) is 25.8 Å². The Hall–Kier alpha value is 0.250. The van der Waals surface area contributed by atoms with Gasteiger partial charge in [0.05, 0.1) is 0 Å². The first-order valence-corrected chi connectivity index (χ1v) is 5.57. The quantitative estimate of drug-likeness (QED) is 0.581. The van der Waals surface area contributed by atoms with Crippen LogP contribution in [0.1, 0.15) is 33.1 Å². The first-order chi connectivity index (χ1) is 5.74. The molecule has 1 fully saturated rings. The molecule has 1 aliphatic carbocycles. The summed E-state index contributed by atoms with van der Waals surface area (Å²) in [5, 5.41) is 0. The molecule has 1 rings (SSSR count). The van der Waals surface area contributed by atoms with E-state index in [0.29, 0.717) is 6.04 Å². The SMILES string of the molecule is CC(C)N(CCCl)CCC1CC1. The standard InChI is InChI=1S/C10H20ClN/c1-9(2)12(8-6-11)7-5-10-3-4-10/h9-10H,3-8H2,1-2H3. The molecular formula is C10H20ClN. The summed E-state index contributed by atoms with van der Waals surface area (Å²) in [6.07, 6.45) is 4.31. The third kappa shape index (κ3) is 3.77. The molecule has 0 unspecified atom stereocenters. The van der Waals surface area contributed by atoms with Gasteiger partial charge in [0.2, 0.25) is 0 Å². The van der Waals surface area contributed by atoms with Gasteiger partial charge in [0, 0.05) is 18.5 Å². The zero-order valence-corrected chi connectivity index (χ0v) is 8.98. The molecule has 1 aliphatic rings. The van der Waals surface area contributed by atoms with Gasteiger partial charge in [-0.3, -0.25) is 4.90 Å². The summed E-state index contributed by atoms with van der Waals surface area (Å²) in [7, 11) is 0. The van der Waals surface area contributed by atoms with Gasteiger partial charge in [-0.1, -0.05) is 12.8 Å². The monoisotopic (exact) mass is 189 g/mol. The molecule has 0 aliphatic heterocycles. The lowest BCUT2D eigenvalue weighted by atomic mass is 10.2. The molecule has 1 saturated carbocycles. The van der Waals surface area contributed by atoms with Gasteiger partial charge >= 0.3 is 0 Å². The fourth-order valence-corrected chi connectivity index (χ4v) is 1.71. The molecule has 0 N–H and O–H groups in total. The van der Waals surface area contributed by atoms with Crippen LogP contribution in [0.4, 0.5) is 0 Å². The average Bonchev–Trinajstić information content (AvgIpc) is 2.80. The van der Waals surface area contributed by atoms with Gasteiger partial charge in [-0.2, -0.15) is 0 Å². The van der Waals surface area contributed by atoms with E-state index >= 15 is 0 Å². The maximum Gasteiger partial charge on any atom is 0.0351 e. The second-order valence-electron chi connectivity index (χ2n) is 4.05. The summed E-state index contributed by atoms with van der Waals surface area (Å²) >= 11 is 5.73. The molecule has 12 heavy (non-hydrogen) atoms. The van der Waals surface area contributed by atoms with Crippen LogP contribution in [-0.4, -0.2) is 29.9 Å². The maximum atomic E-state index is 5.73. The van der Waals surface area contributed by atoms with Gasteiger partial charge in [0.25, 0.3) is 0 Å². The highest BCUT2D eigenvalue weighted by atomic mass is 35.5. The van der Waals surface area contributed by atoms with Crippen molar-refractivity contribution in [3.05, 3.63) is 0 Å². The highest BCUT2D eigenvalue weighted by molar-refractivity contribution is 6.18. The first kappa shape index (κ1) is 10.3. The molecule has 2 heteroatoms. The third-order valence-electron chi connectivity index (χ3n) is 2.62. The molecule has 0 aromatic carbocycles. The highest BCUT2D eigenvalue weighted by Gasteiger charge is 2.22. The summed E-state index contributed by atoms with van der Waals surface area (Å²) in [6.45, 7) is 6.79. The summed E-state index contributed by atoms with van der Waals surface area (Å²) in [5.41, 5.74) is 0. The molecule has 1 nitrogen and oxygen atoms in total. The largest absolute Gasteiger partial charge is 0.300 e. The van der Waals surface area contributed by atoms with E-state index in [-0.39, 0.29) is 0 Å². The topological polar surface area (TPSA) is 3.24 Å². The van der Waals surface area contributed by atoms with Crippen LogP contribution in [0, 0.1) is 5.92 Å². The fourth-order valence-electron chi connectivity index (χ4n) is 1.49. The van der Waals surface area contributed by atoms with Gasteiger partial charge in [0.1, 0.15) is 0 Å². The van der Waals surface area contributed by atoms with Crippen molar-refractivity contribution in [2.75, 3.05) is 19.0 Å². The van der Waals surface area contributed by atoms with Gasteiger partial charge in [-0.25, -0.2) is 0 Å². The minimum Gasteiger partial charge on any atom is -0.300 e. The normalized spacial score (nSPS) is 17.8. The predicted molar refractivity (Wildman–Crippen MR) is 54.8 cm³/mol. The lowest BCUT2D eigenvalue weighted by molar-refractivity contribution is 0.228. The summed E-state index contributed by atoms with van der Waals surface area (Å²) < 4.78 is 0. The Morgan fingerprint density at radius 3 is 2.42 bits per heavy atom. The van der Waals surface area contributed by atoms with E-state index in [9.17, 15) is 0 Å². The van der Waals surface area contributed by atoms with Crippen LogP contribution in [-0.2, 0) is 0 Å². The minimum absolute atomic E-state index is 0.655. The number of hydrogen-bond donors (Lipinski definition) is 0. The van der Waals surface area contributed by atoms with Gasteiger partial charge in [-0.05, 0) is 32.7 Å². The lowest BCUT2D eigenvalue weighted by Gasteiger charge is -2.25. The van der Waals surface area contributed by atoms with Crippen LogP contribution in [0.5, 0.6) is 0 Å². The van der Waals surface area contributed by atoms with Crippen LogP contribution < -0.4 is 0 Å². The lowest BCUT2D eigenvalue weighted by Crippen LogP contribution is -2.33.